The fourth-order valence-corrected chi connectivity index (χ4v) is 4.53. The number of amides is 3. The molecule has 250 valence electrons. The number of hydrogen-bond acceptors (Lipinski definition) is 10. The Kier molecular flexibility index (Phi) is 15.8. The van der Waals surface area contributed by atoms with Crippen molar-refractivity contribution >= 4 is 45.7 Å². The number of benzene rings is 2. The van der Waals surface area contributed by atoms with Crippen LogP contribution in [0, 0.1) is 6.92 Å². The van der Waals surface area contributed by atoms with Crippen LogP contribution in [-0.2, 0) is 25.6 Å². The third-order valence-corrected chi connectivity index (χ3v) is 6.79. The van der Waals surface area contributed by atoms with Crippen LogP contribution < -0.4 is 20.7 Å². The van der Waals surface area contributed by atoms with Gasteiger partial charge in [0.15, 0.2) is 0 Å². The van der Waals surface area contributed by atoms with Crippen molar-refractivity contribution in [2.24, 2.45) is 5.11 Å². The number of rotatable bonds is 16. The van der Waals surface area contributed by atoms with Crippen LogP contribution in [0.15, 0.2) is 46.0 Å². The number of methoxy groups -OCH3 is 1. The average Bonchev–Trinajstić information content (AvgIpc) is 2.97. The van der Waals surface area contributed by atoms with Gasteiger partial charge in [-0.25, -0.2) is 9.59 Å². The van der Waals surface area contributed by atoms with Gasteiger partial charge in [-0.05, 0) is 61.3 Å². The number of carbonyl (C=O) groups is 4. The first-order valence-corrected chi connectivity index (χ1v) is 15.1. The Balaban J connectivity index is 2.07. The molecule has 0 aromatic heterocycles. The fourth-order valence-electron chi connectivity index (χ4n) is 3.88. The van der Waals surface area contributed by atoms with Gasteiger partial charge >= 0.3 is 12.2 Å². The number of nitrogens with zero attached hydrogens (tertiary/aromatic N) is 4. The van der Waals surface area contributed by atoms with Crippen LogP contribution in [0.5, 0.6) is 5.75 Å². The fraction of sp³-hybridized carbons (Fsp3) is 0.467. The molecule has 46 heavy (non-hydrogen) atoms. The summed E-state index contributed by atoms with van der Waals surface area (Å²) in [7, 11) is 1.42. The van der Waals surface area contributed by atoms with E-state index >= 15 is 0 Å². The standard InChI is InChI=1S/C30H40BrN7O8/c1-20-6-9-22(10-7-20)45-29(42)44-18-21-8-11-23(36-37-32)26(31)25(21)27(40)34-13-16-38(15-12-33-24(39)19-43-5)17-14-35-28(41)46-30(2,3)4/h6-11H,12-19H2,1-5H3,(H,33,39)(H,34,40)(H,35,41). The van der Waals surface area contributed by atoms with Crippen LogP contribution in [0.2, 0.25) is 0 Å². The van der Waals surface area contributed by atoms with Crippen molar-refractivity contribution in [3.05, 3.63) is 68.0 Å². The molecule has 2 rings (SSSR count). The maximum Gasteiger partial charge on any atom is 0.514 e. The first-order valence-electron chi connectivity index (χ1n) is 14.3. The molecule has 2 aromatic carbocycles. The predicted octanol–water partition coefficient (Wildman–Crippen LogP) is 4.73. The van der Waals surface area contributed by atoms with Crippen LogP contribution in [0.4, 0.5) is 15.3 Å². The molecule has 3 amide bonds. The molecular formula is C30H40BrN7O8. The molecule has 0 fully saturated rings. The largest absolute Gasteiger partial charge is 0.514 e. The van der Waals surface area contributed by atoms with E-state index in [9.17, 15) is 19.2 Å². The van der Waals surface area contributed by atoms with Crippen molar-refractivity contribution in [1.82, 2.24) is 20.9 Å². The summed E-state index contributed by atoms with van der Waals surface area (Å²) in [5.74, 6) is -0.491. The highest BCUT2D eigenvalue weighted by Gasteiger charge is 2.20. The molecule has 15 nitrogen and oxygen atoms in total. The van der Waals surface area contributed by atoms with Crippen LogP contribution in [0.3, 0.4) is 0 Å². The minimum absolute atomic E-state index is 0.0736. The Labute approximate surface area is 276 Å². The molecule has 0 bridgehead atoms. The monoisotopic (exact) mass is 705 g/mol. The first kappa shape index (κ1) is 37.8. The highest BCUT2D eigenvalue weighted by Crippen LogP contribution is 2.32. The Morgan fingerprint density at radius 1 is 0.957 bits per heavy atom. The number of azide groups is 1. The Morgan fingerprint density at radius 2 is 1.59 bits per heavy atom. The lowest BCUT2D eigenvalue weighted by atomic mass is 10.1. The summed E-state index contributed by atoms with van der Waals surface area (Å²) in [4.78, 5) is 54.3. The molecule has 0 saturated carbocycles. The molecule has 0 radical (unpaired) electrons. The van der Waals surface area contributed by atoms with E-state index in [1.807, 2.05) is 11.8 Å². The first-order chi connectivity index (χ1) is 21.8. The van der Waals surface area contributed by atoms with Crippen LogP contribution in [-0.4, -0.2) is 87.5 Å². The van der Waals surface area contributed by atoms with Crippen LogP contribution >= 0.6 is 15.9 Å². The number of ether oxygens (including phenoxy) is 4. The minimum atomic E-state index is -0.960. The lowest BCUT2D eigenvalue weighted by Gasteiger charge is -2.24. The molecule has 0 spiro atoms. The van der Waals surface area contributed by atoms with Crippen molar-refractivity contribution < 1.29 is 38.1 Å². The number of hydrogen-bond donors (Lipinski definition) is 3. The van der Waals surface area contributed by atoms with Crippen LogP contribution in [0.25, 0.3) is 10.4 Å². The Hall–Kier alpha value is -4.37. The van der Waals surface area contributed by atoms with Gasteiger partial charge in [0.2, 0.25) is 5.91 Å². The molecule has 2 aromatic rings. The van der Waals surface area contributed by atoms with Gasteiger partial charge < -0.3 is 34.9 Å². The third kappa shape index (κ3) is 14.2. The highest BCUT2D eigenvalue weighted by molar-refractivity contribution is 9.10. The SMILES string of the molecule is COCC(=O)NCCN(CCNC(=O)OC(C)(C)C)CCNC(=O)c1c(COC(=O)Oc2ccc(C)cc2)ccc(N=[N+]=[N-])c1Br. The zero-order valence-corrected chi connectivity index (χ0v) is 28.1. The predicted molar refractivity (Wildman–Crippen MR) is 173 cm³/mol. The molecule has 0 saturated heterocycles. The van der Waals surface area contributed by atoms with E-state index in [4.69, 9.17) is 24.5 Å². The quantitative estimate of drug-likeness (QED) is 0.0727. The number of halogens is 1. The maximum atomic E-state index is 13.4. The topological polar surface area (TPSA) is 193 Å². The summed E-state index contributed by atoms with van der Waals surface area (Å²) in [6.07, 6.45) is -1.52. The molecule has 0 aliphatic heterocycles. The lowest BCUT2D eigenvalue weighted by molar-refractivity contribution is -0.124. The molecule has 0 atom stereocenters. The smallest absolute Gasteiger partial charge is 0.444 e. The van der Waals surface area contributed by atoms with Gasteiger partial charge in [0, 0.05) is 61.3 Å². The van der Waals surface area contributed by atoms with Crippen molar-refractivity contribution in [2.45, 2.75) is 39.9 Å². The average molecular weight is 707 g/mol. The molecule has 3 N–H and O–H groups in total. The molecule has 0 aliphatic carbocycles. The second kappa shape index (κ2) is 19.2. The summed E-state index contributed by atoms with van der Waals surface area (Å²) in [5.41, 5.74) is 9.92. The van der Waals surface area contributed by atoms with Gasteiger partial charge in [-0.15, -0.1) is 0 Å². The van der Waals surface area contributed by atoms with Gasteiger partial charge in [0.1, 0.15) is 24.6 Å². The van der Waals surface area contributed by atoms with Gasteiger partial charge in [-0.2, -0.15) is 0 Å². The van der Waals surface area contributed by atoms with E-state index in [-0.39, 0.29) is 47.9 Å². The Bertz CT molecular complexity index is 1390. The number of alkyl carbamates (subject to hydrolysis) is 1. The summed E-state index contributed by atoms with van der Waals surface area (Å²) < 4.78 is 20.8. The van der Waals surface area contributed by atoms with Gasteiger partial charge in [-0.1, -0.05) is 34.9 Å². The van der Waals surface area contributed by atoms with Gasteiger partial charge in [0.05, 0.1) is 11.3 Å². The van der Waals surface area contributed by atoms with E-state index in [0.29, 0.717) is 37.5 Å². The zero-order valence-electron chi connectivity index (χ0n) is 26.6. The second-order valence-electron chi connectivity index (χ2n) is 10.9. The number of carbonyl (C=O) groups excluding carboxylic acids is 4. The van der Waals surface area contributed by atoms with Crippen molar-refractivity contribution in [2.75, 3.05) is 53.0 Å². The van der Waals surface area contributed by atoms with Gasteiger partial charge in [-0.3, -0.25) is 14.5 Å². The van der Waals surface area contributed by atoms with E-state index in [2.05, 4.69) is 41.9 Å². The molecule has 0 aliphatic rings. The van der Waals surface area contributed by atoms with E-state index in [1.165, 1.54) is 19.2 Å². The number of nitrogens with one attached hydrogen (secondary N) is 3. The summed E-state index contributed by atoms with van der Waals surface area (Å²) >= 11 is 3.34. The van der Waals surface area contributed by atoms with Crippen molar-refractivity contribution in [1.29, 1.82) is 0 Å². The van der Waals surface area contributed by atoms with E-state index < -0.39 is 23.8 Å². The minimum Gasteiger partial charge on any atom is -0.444 e. The molecular weight excluding hydrogens is 666 g/mol. The van der Waals surface area contributed by atoms with Gasteiger partial charge in [0.25, 0.3) is 5.91 Å². The summed E-state index contributed by atoms with van der Waals surface area (Å²) in [6, 6.07) is 9.83. The lowest BCUT2D eigenvalue weighted by Crippen LogP contribution is -2.44. The third-order valence-electron chi connectivity index (χ3n) is 5.99. The van der Waals surface area contributed by atoms with Crippen molar-refractivity contribution in [3.8, 4) is 5.75 Å². The second-order valence-corrected chi connectivity index (χ2v) is 11.7. The summed E-state index contributed by atoms with van der Waals surface area (Å²) in [6.45, 7) is 8.72. The Morgan fingerprint density at radius 3 is 2.20 bits per heavy atom. The molecule has 0 unspecified atom stereocenters. The maximum absolute atomic E-state index is 13.4. The van der Waals surface area contributed by atoms with Crippen molar-refractivity contribution in [3.63, 3.8) is 0 Å². The molecule has 0 heterocycles. The van der Waals surface area contributed by atoms with E-state index in [1.54, 1.807) is 45.0 Å². The van der Waals surface area contributed by atoms with E-state index in [0.717, 1.165) is 5.56 Å². The zero-order chi connectivity index (χ0) is 34.1. The number of aryl methyl sites for hydroxylation is 1. The summed E-state index contributed by atoms with van der Waals surface area (Å²) in [5, 5.41) is 11.9. The van der Waals surface area contributed by atoms with Crippen LogP contribution in [0.1, 0.15) is 42.3 Å². The molecule has 16 heteroatoms. The highest BCUT2D eigenvalue weighted by atomic mass is 79.9. The normalized spacial score (nSPS) is 10.8.